The maximum absolute atomic E-state index is 12.2. The van der Waals surface area contributed by atoms with E-state index in [2.05, 4.69) is 16.1 Å². The van der Waals surface area contributed by atoms with E-state index in [0.29, 0.717) is 11.4 Å². The van der Waals surface area contributed by atoms with Gasteiger partial charge in [0.2, 0.25) is 10.0 Å². The molecule has 108 valence electrons. The van der Waals surface area contributed by atoms with Crippen molar-refractivity contribution in [1.82, 2.24) is 4.72 Å². The fourth-order valence-corrected chi connectivity index (χ4v) is 3.89. The zero-order chi connectivity index (χ0) is 14.0. The minimum absolute atomic E-state index is 0.353. The maximum atomic E-state index is 12.2. The van der Waals surface area contributed by atoms with Gasteiger partial charge in [-0.2, -0.15) is 0 Å². The normalized spacial score (nSPS) is 17.7. The van der Waals surface area contributed by atoms with Crippen molar-refractivity contribution in [3.05, 3.63) is 35.4 Å². The molecule has 0 aromatic heterocycles. The Morgan fingerprint density at radius 2 is 2.15 bits per heavy atom. The van der Waals surface area contributed by atoms with Crippen LogP contribution in [0.25, 0.3) is 0 Å². The van der Waals surface area contributed by atoms with Crippen LogP contribution in [0.4, 0.5) is 5.69 Å². The molecule has 5 heteroatoms. The molecule has 20 heavy (non-hydrogen) atoms. The molecule has 1 heterocycles. The first kappa shape index (κ1) is 13.6. The van der Waals surface area contributed by atoms with E-state index in [1.165, 1.54) is 17.6 Å². The molecular formula is C15H20N2O2S. The molecule has 1 aromatic carbocycles. The van der Waals surface area contributed by atoms with E-state index in [1.807, 2.05) is 6.07 Å². The number of hydrogen-bond donors (Lipinski definition) is 2. The predicted molar refractivity (Wildman–Crippen MR) is 80.4 cm³/mol. The van der Waals surface area contributed by atoms with Crippen LogP contribution in [0.5, 0.6) is 0 Å². The van der Waals surface area contributed by atoms with Crippen LogP contribution in [0.15, 0.2) is 34.7 Å². The lowest BCUT2D eigenvalue weighted by Crippen LogP contribution is -2.25. The van der Waals surface area contributed by atoms with E-state index < -0.39 is 10.0 Å². The van der Waals surface area contributed by atoms with Crippen LogP contribution < -0.4 is 10.0 Å². The van der Waals surface area contributed by atoms with E-state index in [0.717, 1.165) is 37.9 Å². The Morgan fingerprint density at radius 1 is 1.25 bits per heavy atom. The quantitative estimate of drug-likeness (QED) is 0.820. The van der Waals surface area contributed by atoms with Gasteiger partial charge in [0, 0.05) is 18.8 Å². The predicted octanol–water partition coefficient (Wildman–Crippen LogP) is 2.43. The second kappa shape index (κ2) is 5.58. The summed E-state index contributed by atoms with van der Waals surface area (Å²) >= 11 is 0. The largest absolute Gasteiger partial charge is 0.384 e. The molecule has 1 aliphatic heterocycles. The van der Waals surface area contributed by atoms with Crippen molar-refractivity contribution in [3.8, 4) is 0 Å². The van der Waals surface area contributed by atoms with Crippen molar-refractivity contribution >= 4 is 15.7 Å². The highest BCUT2D eigenvalue weighted by Crippen LogP contribution is 2.25. The molecule has 4 nitrogen and oxygen atoms in total. The summed E-state index contributed by atoms with van der Waals surface area (Å²) < 4.78 is 27.2. The van der Waals surface area contributed by atoms with Gasteiger partial charge in [-0.05, 0) is 49.8 Å². The second-order valence-electron chi connectivity index (χ2n) is 5.40. The molecule has 0 atom stereocenters. The maximum Gasteiger partial charge on any atom is 0.240 e. The summed E-state index contributed by atoms with van der Waals surface area (Å²) in [5, 5.41) is 3.21. The number of sulfonamides is 1. The van der Waals surface area contributed by atoms with Crippen molar-refractivity contribution in [2.24, 2.45) is 0 Å². The molecule has 1 aliphatic carbocycles. The number of nitrogens with one attached hydrogen (secondary N) is 2. The van der Waals surface area contributed by atoms with Gasteiger partial charge in [0.15, 0.2) is 0 Å². The lowest BCUT2D eigenvalue weighted by molar-refractivity contribution is 0.581. The highest BCUT2D eigenvalue weighted by Gasteiger charge is 2.18. The zero-order valence-electron chi connectivity index (χ0n) is 11.5. The van der Waals surface area contributed by atoms with Gasteiger partial charge in [0.1, 0.15) is 0 Å². The van der Waals surface area contributed by atoms with Crippen LogP contribution in [0.3, 0.4) is 0 Å². The average Bonchev–Trinajstić information content (AvgIpc) is 3.08. The molecular weight excluding hydrogens is 272 g/mol. The lowest BCUT2D eigenvalue weighted by Gasteiger charge is -2.09. The van der Waals surface area contributed by atoms with Crippen molar-refractivity contribution in [3.63, 3.8) is 0 Å². The number of anilines is 1. The third-order valence-corrected chi connectivity index (χ3v) is 5.43. The third-order valence-electron chi connectivity index (χ3n) is 3.97. The van der Waals surface area contributed by atoms with Crippen LogP contribution >= 0.6 is 0 Å². The summed E-state index contributed by atoms with van der Waals surface area (Å²) in [4.78, 5) is 0.353. The van der Waals surface area contributed by atoms with Gasteiger partial charge in [0.05, 0.1) is 4.90 Å². The van der Waals surface area contributed by atoms with Gasteiger partial charge in [-0.25, -0.2) is 13.1 Å². The molecule has 0 unspecified atom stereocenters. The first-order chi connectivity index (χ1) is 9.65. The van der Waals surface area contributed by atoms with Crippen molar-refractivity contribution in [2.45, 2.75) is 37.0 Å². The summed E-state index contributed by atoms with van der Waals surface area (Å²) in [5.41, 5.74) is 3.52. The lowest BCUT2D eigenvalue weighted by atomic mass is 10.2. The fourth-order valence-electron chi connectivity index (χ4n) is 2.83. The van der Waals surface area contributed by atoms with Crippen molar-refractivity contribution in [1.29, 1.82) is 0 Å². The molecule has 0 saturated heterocycles. The third kappa shape index (κ3) is 2.88. The first-order valence-corrected chi connectivity index (χ1v) is 8.68. The van der Waals surface area contributed by atoms with E-state index in [4.69, 9.17) is 0 Å². The van der Waals surface area contributed by atoms with Crippen LogP contribution in [-0.4, -0.2) is 21.5 Å². The van der Waals surface area contributed by atoms with Crippen molar-refractivity contribution < 1.29 is 8.42 Å². The molecule has 0 saturated carbocycles. The Hall–Kier alpha value is -1.33. The number of rotatable bonds is 5. The van der Waals surface area contributed by atoms with Gasteiger partial charge < -0.3 is 5.32 Å². The number of hydrogen-bond acceptors (Lipinski definition) is 3. The second-order valence-corrected chi connectivity index (χ2v) is 7.17. The zero-order valence-corrected chi connectivity index (χ0v) is 12.3. The summed E-state index contributed by atoms with van der Waals surface area (Å²) in [5.74, 6) is 0. The molecule has 0 fully saturated rings. The van der Waals surface area contributed by atoms with Crippen LogP contribution in [0.1, 0.15) is 31.2 Å². The Morgan fingerprint density at radius 3 is 2.95 bits per heavy atom. The van der Waals surface area contributed by atoms with Crippen molar-refractivity contribution in [2.75, 3.05) is 18.4 Å². The monoisotopic (exact) mass is 292 g/mol. The standard InChI is InChI=1S/C15H20N2O2S/c18-20(19,17-10-7-12-3-1-2-4-12)14-6-5-13-8-9-16-15(13)11-14/h3,5-6,11,16-17H,1-2,4,7-10H2. The highest BCUT2D eigenvalue weighted by atomic mass is 32.2. The SMILES string of the molecule is O=S(=O)(NCCC1=CCCC1)c1ccc2c(c1)NCC2. The Labute approximate surface area is 120 Å². The minimum Gasteiger partial charge on any atom is -0.384 e. The molecule has 3 rings (SSSR count). The van der Waals surface area contributed by atoms with Gasteiger partial charge in [0.25, 0.3) is 0 Å². The van der Waals surface area contributed by atoms with Crippen LogP contribution in [-0.2, 0) is 16.4 Å². The highest BCUT2D eigenvalue weighted by molar-refractivity contribution is 7.89. The minimum atomic E-state index is -3.39. The average molecular weight is 292 g/mol. The van der Waals surface area contributed by atoms with E-state index in [-0.39, 0.29) is 0 Å². The Balaban J connectivity index is 1.65. The van der Waals surface area contributed by atoms with E-state index >= 15 is 0 Å². The Bertz CT molecular complexity index is 635. The van der Waals surface area contributed by atoms with Crippen LogP contribution in [0, 0.1) is 0 Å². The summed E-state index contributed by atoms with van der Waals surface area (Å²) in [6.07, 6.45) is 7.48. The first-order valence-electron chi connectivity index (χ1n) is 7.19. The molecule has 0 amide bonds. The molecule has 2 aliphatic rings. The molecule has 1 aromatic rings. The van der Waals surface area contributed by atoms with Gasteiger partial charge in [-0.15, -0.1) is 0 Å². The molecule has 0 spiro atoms. The smallest absolute Gasteiger partial charge is 0.240 e. The number of fused-ring (bicyclic) bond motifs is 1. The Kier molecular flexibility index (Phi) is 3.81. The molecule has 2 N–H and O–H groups in total. The van der Waals surface area contributed by atoms with E-state index in [1.54, 1.807) is 12.1 Å². The van der Waals surface area contributed by atoms with Gasteiger partial charge in [-0.3, -0.25) is 0 Å². The summed E-state index contributed by atoms with van der Waals surface area (Å²) in [7, 11) is -3.39. The topological polar surface area (TPSA) is 58.2 Å². The summed E-state index contributed by atoms with van der Waals surface area (Å²) in [6, 6.07) is 5.34. The summed E-state index contributed by atoms with van der Waals surface area (Å²) in [6.45, 7) is 1.37. The van der Waals surface area contributed by atoms with Gasteiger partial charge in [-0.1, -0.05) is 17.7 Å². The number of benzene rings is 1. The number of allylic oxidation sites excluding steroid dienone is 1. The molecule has 0 bridgehead atoms. The van der Waals surface area contributed by atoms with Crippen LogP contribution in [0.2, 0.25) is 0 Å². The molecule has 0 radical (unpaired) electrons. The van der Waals surface area contributed by atoms with E-state index in [9.17, 15) is 8.42 Å². The fraction of sp³-hybridized carbons (Fsp3) is 0.467. The van der Waals surface area contributed by atoms with Gasteiger partial charge >= 0.3 is 0 Å².